The van der Waals surface area contributed by atoms with Gasteiger partial charge in [-0.15, -0.1) is 0 Å². The number of thioether (sulfide) groups is 1. The lowest BCUT2D eigenvalue weighted by Gasteiger charge is -2.12. The summed E-state index contributed by atoms with van der Waals surface area (Å²) in [5.74, 6) is -0.319. The zero-order valence-corrected chi connectivity index (χ0v) is 14.8. The first-order valence-corrected chi connectivity index (χ1v) is 9.15. The second-order valence-corrected chi connectivity index (χ2v) is 6.95. The van der Waals surface area contributed by atoms with Crippen molar-refractivity contribution >= 4 is 28.6 Å². The van der Waals surface area contributed by atoms with E-state index < -0.39 is 11.5 Å². The number of benzene rings is 1. The van der Waals surface area contributed by atoms with Crippen LogP contribution in [0.3, 0.4) is 0 Å². The predicted molar refractivity (Wildman–Crippen MR) is 101 cm³/mol. The minimum atomic E-state index is -0.580. The van der Waals surface area contributed by atoms with Gasteiger partial charge in [0.05, 0.1) is 6.10 Å². The Kier molecular flexibility index (Phi) is 6.21. The molecule has 8 heteroatoms. The fraction of sp³-hybridized carbons (Fsp3) is 0.278. The highest BCUT2D eigenvalue weighted by atomic mass is 32.2. The van der Waals surface area contributed by atoms with E-state index in [1.807, 2.05) is 30.3 Å². The Morgan fingerprint density at radius 1 is 1.23 bits per heavy atom. The van der Waals surface area contributed by atoms with Crippen molar-refractivity contribution in [2.75, 3.05) is 18.4 Å². The third-order valence-corrected chi connectivity index (χ3v) is 4.82. The second-order valence-electron chi connectivity index (χ2n) is 5.87. The van der Waals surface area contributed by atoms with Crippen LogP contribution in [0.4, 0.5) is 10.5 Å². The molecule has 0 aliphatic carbocycles. The van der Waals surface area contributed by atoms with Crippen molar-refractivity contribution in [2.45, 2.75) is 17.9 Å². The van der Waals surface area contributed by atoms with Gasteiger partial charge in [0.2, 0.25) is 0 Å². The highest BCUT2D eigenvalue weighted by molar-refractivity contribution is 8.15. The standard InChI is InChI=1S/C18H20N4O3S/c23-15(13-2-1-8-19-10-13)11-20-9-7-12-3-5-14(6-4-12)21-17-16(24)22-18(25)26-17/h1-6,8,10,15,17,20-21,23H,7,9,11H2,(H,22,24,25). The van der Waals surface area contributed by atoms with Gasteiger partial charge in [-0.1, -0.05) is 18.2 Å². The summed E-state index contributed by atoms with van der Waals surface area (Å²) in [5.41, 5.74) is 2.72. The number of anilines is 1. The average molecular weight is 372 g/mol. The van der Waals surface area contributed by atoms with Crippen molar-refractivity contribution < 1.29 is 14.7 Å². The molecule has 3 rings (SSSR count). The first-order chi connectivity index (χ1) is 12.6. The van der Waals surface area contributed by atoms with E-state index in [1.54, 1.807) is 18.5 Å². The predicted octanol–water partition coefficient (Wildman–Crippen LogP) is 1.67. The molecule has 136 valence electrons. The summed E-state index contributed by atoms with van der Waals surface area (Å²) in [7, 11) is 0. The third-order valence-electron chi connectivity index (χ3n) is 3.94. The molecular formula is C18H20N4O3S. The zero-order valence-electron chi connectivity index (χ0n) is 14.0. The average Bonchev–Trinajstić information content (AvgIpc) is 2.97. The molecule has 2 aromatic rings. The molecule has 0 spiro atoms. The monoisotopic (exact) mass is 372 g/mol. The van der Waals surface area contributed by atoms with Crippen LogP contribution in [0.5, 0.6) is 0 Å². The lowest BCUT2D eigenvalue weighted by Crippen LogP contribution is -2.29. The van der Waals surface area contributed by atoms with Crippen molar-refractivity contribution in [2.24, 2.45) is 0 Å². The number of imide groups is 1. The van der Waals surface area contributed by atoms with E-state index in [9.17, 15) is 14.7 Å². The van der Waals surface area contributed by atoms with Gasteiger partial charge in [-0.3, -0.25) is 19.9 Å². The Hall–Kier alpha value is -2.42. The van der Waals surface area contributed by atoms with Crippen molar-refractivity contribution in [3.05, 3.63) is 59.9 Å². The lowest BCUT2D eigenvalue weighted by molar-refractivity contribution is -0.118. The van der Waals surface area contributed by atoms with Crippen LogP contribution in [-0.2, 0) is 11.2 Å². The van der Waals surface area contributed by atoms with E-state index in [4.69, 9.17) is 0 Å². The normalized spacial score (nSPS) is 17.8. The molecule has 1 fully saturated rings. The largest absolute Gasteiger partial charge is 0.387 e. The van der Waals surface area contributed by atoms with Gasteiger partial charge < -0.3 is 15.7 Å². The number of aromatic nitrogens is 1. The van der Waals surface area contributed by atoms with Crippen LogP contribution in [0.2, 0.25) is 0 Å². The van der Waals surface area contributed by atoms with Crippen LogP contribution in [0.15, 0.2) is 48.8 Å². The number of aliphatic hydroxyl groups is 1. The third kappa shape index (κ3) is 5.04. The molecule has 1 saturated heterocycles. The number of nitrogens with one attached hydrogen (secondary N) is 3. The van der Waals surface area contributed by atoms with Crippen LogP contribution in [0, 0.1) is 0 Å². The molecular weight excluding hydrogens is 352 g/mol. The Morgan fingerprint density at radius 2 is 2.04 bits per heavy atom. The van der Waals surface area contributed by atoms with Gasteiger partial charge in [0.25, 0.3) is 11.1 Å². The molecule has 2 unspecified atom stereocenters. The van der Waals surface area contributed by atoms with Gasteiger partial charge >= 0.3 is 0 Å². The van der Waals surface area contributed by atoms with Gasteiger partial charge in [-0.2, -0.15) is 0 Å². The number of rotatable bonds is 8. The summed E-state index contributed by atoms with van der Waals surface area (Å²) in [6.45, 7) is 1.20. The topological polar surface area (TPSA) is 103 Å². The minimum Gasteiger partial charge on any atom is -0.387 e. The van der Waals surface area contributed by atoms with Gasteiger partial charge in [0.1, 0.15) is 0 Å². The van der Waals surface area contributed by atoms with E-state index >= 15 is 0 Å². The summed E-state index contributed by atoms with van der Waals surface area (Å²) < 4.78 is 0. The number of hydrogen-bond donors (Lipinski definition) is 4. The molecule has 2 heterocycles. The van der Waals surface area contributed by atoms with Crippen LogP contribution < -0.4 is 16.0 Å². The maximum Gasteiger partial charge on any atom is 0.288 e. The van der Waals surface area contributed by atoms with E-state index in [1.165, 1.54) is 0 Å². The van der Waals surface area contributed by atoms with Crippen LogP contribution in [0.1, 0.15) is 17.2 Å². The summed E-state index contributed by atoms with van der Waals surface area (Å²) in [6.07, 6.45) is 3.58. The van der Waals surface area contributed by atoms with Crippen molar-refractivity contribution in [1.82, 2.24) is 15.6 Å². The highest BCUT2D eigenvalue weighted by Gasteiger charge is 2.31. The number of aliphatic hydroxyl groups excluding tert-OH is 1. The van der Waals surface area contributed by atoms with Crippen LogP contribution >= 0.6 is 11.8 Å². The first-order valence-electron chi connectivity index (χ1n) is 8.27. The maximum absolute atomic E-state index is 11.5. The van der Waals surface area contributed by atoms with Gasteiger partial charge in [0.15, 0.2) is 5.37 Å². The summed E-state index contributed by atoms with van der Waals surface area (Å²) in [6, 6.07) is 11.4. The van der Waals surface area contributed by atoms with Crippen molar-refractivity contribution in [3.63, 3.8) is 0 Å². The molecule has 0 radical (unpaired) electrons. The maximum atomic E-state index is 11.5. The van der Waals surface area contributed by atoms with Crippen molar-refractivity contribution in [1.29, 1.82) is 0 Å². The molecule has 4 N–H and O–H groups in total. The molecule has 1 aromatic heterocycles. The highest BCUT2D eigenvalue weighted by Crippen LogP contribution is 2.21. The fourth-order valence-corrected chi connectivity index (χ4v) is 3.27. The molecule has 0 bridgehead atoms. The van der Waals surface area contributed by atoms with E-state index in [2.05, 4.69) is 20.9 Å². The molecule has 2 atom stereocenters. The minimum absolute atomic E-state index is 0.319. The van der Waals surface area contributed by atoms with Crippen molar-refractivity contribution in [3.8, 4) is 0 Å². The first kappa shape index (κ1) is 18.4. The summed E-state index contributed by atoms with van der Waals surface area (Å²) >= 11 is 0.942. The Bertz CT molecular complexity index is 755. The second kappa shape index (κ2) is 8.79. The molecule has 2 amide bonds. The van der Waals surface area contributed by atoms with Crippen LogP contribution in [0.25, 0.3) is 0 Å². The molecule has 7 nitrogen and oxygen atoms in total. The van der Waals surface area contributed by atoms with Gasteiger partial charge in [-0.25, -0.2) is 0 Å². The summed E-state index contributed by atoms with van der Waals surface area (Å²) in [4.78, 5) is 26.7. The van der Waals surface area contributed by atoms with E-state index in [-0.39, 0.29) is 11.1 Å². The molecule has 26 heavy (non-hydrogen) atoms. The zero-order chi connectivity index (χ0) is 18.4. The number of pyridine rings is 1. The molecule has 1 aliphatic heterocycles. The fourth-order valence-electron chi connectivity index (χ4n) is 2.53. The van der Waals surface area contributed by atoms with Gasteiger partial charge in [0, 0.05) is 30.2 Å². The quantitative estimate of drug-likeness (QED) is 0.523. The number of amides is 2. The van der Waals surface area contributed by atoms with Gasteiger partial charge in [-0.05, 0) is 48.5 Å². The summed E-state index contributed by atoms with van der Waals surface area (Å²) in [5, 5.41) is 17.6. The Morgan fingerprint density at radius 3 is 2.69 bits per heavy atom. The number of hydrogen-bond acceptors (Lipinski definition) is 7. The Labute approximate surface area is 155 Å². The number of carbonyl (C=O) groups is 2. The van der Waals surface area contributed by atoms with Crippen LogP contribution in [-0.4, -0.2) is 39.7 Å². The lowest BCUT2D eigenvalue weighted by atomic mass is 10.1. The SMILES string of the molecule is O=C1NC(=O)C(Nc2ccc(CCNCC(O)c3cccnc3)cc2)S1. The number of nitrogens with zero attached hydrogens (tertiary/aromatic N) is 1. The Balaban J connectivity index is 1.40. The molecule has 1 aromatic carbocycles. The smallest absolute Gasteiger partial charge is 0.288 e. The molecule has 0 saturated carbocycles. The number of carbonyl (C=O) groups excluding carboxylic acids is 2. The van der Waals surface area contributed by atoms with E-state index in [0.29, 0.717) is 6.54 Å². The van der Waals surface area contributed by atoms with E-state index in [0.717, 1.165) is 41.5 Å². The molecule has 1 aliphatic rings.